The molecule has 0 bridgehead atoms. The monoisotopic (exact) mass is 422 g/mol. The van der Waals surface area contributed by atoms with Gasteiger partial charge in [-0.3, -0.25) is 0 Å². The van der Waals surface area contributed by atoms with E-state index in [2.05, 4.69) is 40.3 Å². The molecule has 2 N–H and O–H groups in total. The zero-order valence-electron chi connectivity index (χ0n) is 17.6. The minimum absolute atomic E-state index is 0.579. The van der Waals surface area contributed by atoms with Gasteiger partial charge in [-0.25, -0.2) is 4.98 Å². The topological polar surface area (TPSA) is 61.3 Å². The van der Waals surface area contributed by atoms with Gasteiger partial charge < -0.3 is 15.3 Å². The average molecular weight is 423 g/mol. The summed E-state index contributed by atoms with van der Waals surface area (Å²) in [5.41, 5.74) is 4.56. The third kappa shape index (κ3) is 4.58. The second-order valence-corrected chi connectivity index (χ2v) is 8.68. The van der Waals surface area contributed by atoms with Gasteiger partial charge in [0.1, 0.15) is 5.82 Å². The quantitative estimate of drug-likeness (QED) is 0.589. The Morgan fingerprint density at radius 3 is 2.67 bits per heavy atom. The number of nitrogens with zero attached hydrogens (tertiary/aromatic N) is 3. The first kappa shape index (κ1) is 20.6. The highest BCUT2D eigenvalue weighted by Gasteiger charge is 2.22. The van der Waals surface area contributed by atoms with Crippen LogP contribution in [0.15, 0.2) is 48.5 Å². The van der Waals surface area contributed by atoms with E-state index >= 15 is 0 Å². The number of nitrogens with one attached hydrogen (secondary N) is 1. The van der Waals surface area contributed by atoms with Crippen molar-refractivity contribution in [2.75, 3.05) is 16.8 Å². The van der Waals surface area contributed by atoms with Gasteiger partial charge in [0.2, 0.25) is 5.95 Å². The van der Waals surface area contributed by atoms with Crippen molar-refractivity contribution in [1.82, 2.24) is 9.97 Å². The number of benzene rings is 2. The molecule has 0 amide bonds. The molecule has 6 heteroatoms. The van der Waals surface area contributed by atoms with E-state index in [1.54, 1.807) is 0 Å². The van der Waals surface area contributed by atoms with Crippen molar-refractivity contribution < 1.29 is 5.11 Å². The van der Waals surface area contributed by atoms with Gasteiger partial charge in [-0.15, -0.1) is 0 Å². The molecule has 0 saturated heterocycles. The van der Waals surface area contributed by atoms with Crippen molar-refractivity contribution in [3.05, 3.63) is 75.9 Å². The molecule has 3 aromatic rings. The van der Waals surface area contributed by atoms with Gasteiger partial charge in [-0.05, 0) is 61.6 Å². The van der Waals surface area contributed by atoms with E-state index in [1.807, 2.05) is 44.2 Å². The first-order valence-corrected chi connectivity index (χ1v) is 10.7. The van der Waals surface area contributed by atoms with Crippen molar-refractivity contribution in [2.24, 2.45) is 0 Å². The van der Waals surface area contributed by atoms with E-state index in [0.717, 1.165) is 48.7 Å². The van der Waals surface area contributed by atoms with Crippen LogP contribution in [0.25, 0.3) is 0 Å². The van der Waals surface area contributed by atoms with E-state index < -0.39 is 5.60 Å². The molecule has 1 aliphatic heterocycles. The molecule has 2 heterocycles. The van der Waals surface area contributed by atoms with Crippen LogP contribution < -0.4 is 10.2 Å². The summed E-state index contributed by atoms with van der Waals surface area (Å²) in [6.07, 6.45) is 1.75. The lowest BCUT2D eigenvalue weighted by Crippen LogP contribution is -2.32. The fourth-order valence-corrected chi connectivity index (χ4v) is 3.90. The first-order chi connectivity index (χ1) is 14.3. The Hall–Kier alpha value is -2.63. The summed E-state index contributed by atoms with van der Waals surface area (Å²) >= 11 is 6.11. The van der Waals surface area contributed by atoms with E-state index in [4.69, 9.17) is 16.6 Å². The van der Waals surface area contributed by atoms with Crippen molar-refractivity contribution in [2.45, 2.75) is 45.8 Å². The Bertz CT molecular complexity index is 1060. The lowest BCUT2D eigenvalue weighted by atomic mass is 9.91. The molecule has 5 nitrogen and oxygen atoms in total. The van der Waals surface area contributed by atoms with Crippen LogP contribution >= 0.6 is 11.6 Å². The van der Waals surface area contributed by atoms with Crippen molar-refractivity contribution in [3.63, 3.8) is 0 Å². The maximum Gasteiger partial charge on any atom is 0.229 e. The number of aryl methyl sites for hydroxylation is 1. The number of fused-ring (bicyclic) bond motifs is 1. The normalized spacial score (nSPS) is 13.8. The molecule has 0 spiro atoms. The van der Waals surface area contributed by atoms with Crippen LogP contribution in [0.1, 0.15) is 43.2 Å². The molecule has 0 radical (unpaired) electrons. The Balaban J connectivity index is 1.60. The zero-order valence-corrected chi connectivity index (χ0v) is 18.4. The fourth-order valence-electron chi connectivity index (χ4n) is 3.71. The average Bonchev–Trinajstić information content (AvgIpc) is 2.72. The molecule has 1 aliphatic rings. The van der Waals surface area contributed by atoms with E-state index in [-0.39, 0.29) is 0 Å². The molecular weight excluding hydrogens is 396 g/mol. The van der Waals surface area contributed by atoms with Crippen molar-refractivity contribution >= 4 is 29.1 Å². The van der Waals surface area contributed by atoms with Crippen molar-refractivity contribution in [1.29, 1.82) is 0 Å². The third-order valence-electron chi connectivity index (χ3n) is 5.46. The maximum absolute atomic E-state index is 10.3. The van der Waals surface area contributed by atoms with E-state index in [9.17, 15) is 5.11 Å². The molecule has 0 aliphatic carbocycles. The summed E-state index contributed by atoms with van der Waals surface area (Å²) in [5.74, 6) is 1.50. The number of hydrogen-bond donors (Lipinski definition) is 2. The minimum atomic E-state index is -0.824. The lowest BCUT2D eigenvalue weighted by Gasteiger charge is -2.31. The molecule has 0 fully saturated rings. The van der Waals surface area contributed by atoms with Gasteiger partial charge in [-0.1, -0.05) is 42.8 Å². The van der Waals surface area contributed by atoms with Gasteiger partial charge in [-0.2, -0.15) is 4.98 Å². The van der Waals surface area contributed by atoms with Gasteiger partial charge >= 0.3 is 0 Å². The zero-order chi connectivity index (χ0) is 21.3. The summed E-state index contributed by atoms with van der Waals surface area (Å²) in [7, 11) is 0. The largest absolute Gasteiger partial charge is 0.386 e. The number of rotatable bonds is 5. The Labute approximate surface area is 182 Å². The molecule has 1 aromatic heterocycles. The fraction of sp³-hybridized carbons (Fsp3) is 0.333. The van der Waals surface area contributed by atoms with E-state index in [1.165, 1.54) is 11.1 Å². The molecule has 4 rings (SSSR count). The molecule has 30 heavy (non-hydrogen) atoms. The summed E-state index contributed by atoms with van der Waals surface area (Å²) in [4.78, 5) is 11.7. The highest BCUT2D eigenvalue weighted by Crippen LogP contribution is 2.29. The number of anilines is 3. The van der Waals surface area contributed by atoms with Gasteiger partial charge in [0.15, 0.2) is 0 Å². The predicted octanol–water partition coefficient (Wildman–Crippen LogP) is 5.23. The van der Waals surface area contributed by atoms with Crippen LogP contribution in [-0.2, 0) is 25.0 Å². The van der Waals surface area contributed by atoms with Crippen LogP contribution in [0.2, 0.25) is 5.02 Å². The van der Waals surface area contributed by atoms with E-state index in [0.29, 0.717) is 11.0 Å². The molecule has 0 saturated carbocycles. The number of aromatic nitrogens is 2. The Morgan fingerprint density at radius 1 is 1.10 bits per heavy atom. The maximum atomic E-state index is 10.3. The van der Waals surface area contributed by atoms with Crippen LogP contribution in [0.3, 0.4) is 0 Å². The van der Waals surface area contributed by atoms with Crippen LogP contribution in [0.4, 0.5) is 17.5 Å². The summed E-state index contributed by atoms with van der Waals surface area (Å²) in [6.45, 7) is 7.41. The Morgan fingerprint density at radius 2 is 1.93 bits per heavy atom. The predicted molar refractivity (Wildman–Crippen MR) is 123 cm³/mol. The summed E-state index contributed by atoms with van der Waals surface area (Å²) in [5, 5.41) is 14.3. The SMILES string of the molecule is CCc1cc(N2CCc3cc(C(C)(C)O)ccc3C2)nc(Nc2cccc(Cl)c2)n1. The summed E-state index contributed by atoms with van der Waals surface area (Å²) < 4.78 is 0. The van der Waals surface area contributed by atoms with Crippen molar-refractivity contribution in [3.8, 4) is 0 Å². The second-order valence-electron chi connectivity index (χ2n) is 8.24. The van der Waals surface area contributed by atoms with Gasteiger partial charge in [0.25, 0.3) is 0 Å². The first-order valence-electron chi connectivity index (χ1n) is 10.3. The molecule has 0 unspecified atom stereocenters. The second kappa shape index (κ2) is 8.25. The molecule has 2 aromatic carbocycles. The Kier molecular flexibility index (Phi) is 5.67. The minimum Gasteiger partial charge on any atom is -0.386 e. The van der Waals surface area contributed by atoms with Crippen LogP contribution in [-0.4, -0.2) is 21.6 Å². The number of halogens is 1. The highest BCUT2D eigenvalue weighted by atomic mass is 35.5. The highest BCUT2D eigenvalue weighted by molar-refractivity contribution is 6.30. The smallest absolute Gasteiger partial charge is 0.229 e. The van der Waals surface area contributed by atoms with Gasteiger partial charge in [0, 0.05) is 35.6 Å². The van der Waals surface area contributed by atoms with Crippen LogP contribution in [0.5, 0.6) is 0 Å². The lowest BCUT2D eigenvalue weighted by molar-refractivity contribution is 0.0785. The molecule has 0 atom stereocenters. The number of aliphatic hydroxyl groups is 1. The third-order valence-corrected chi connectivity index (χ3v) is 5.69. The number of hydrogen-bond acceptors (Lipinski definition) is 5. The standard InChI is InChI=1S/C24H27ClN4O/c1-4-20-14-22(28-23(26-20)27-21-7-5-6-19(25)13-21)29-11-10-16-12-18(24(2,3)30)9-8-17(16)15-29/h5-9,12-14,30H,4,10-11,15H2,1-3H3,(H,26,27,28). The molecule has 156 valence electrons. The molecular formula is C24H27ClN4O. The summed E-state index contributed by atoms with van der Waals surface area (Å²) in [6, 6.07) is 15.9. The van der Waals surface area contributed by atoms with Crippen LogP contribution in [0, 0.1) is 0 Å². The van der Waals surface area contributed by atoms with Gasteiger partial charge in [0.05, 0.1) is 5.60 Å².